The molecular formula is C69H49N3. The molecule has 0 radical (unpaired) electrons. The van der Waals surface area contributed by atoms with Gasteiger partial charge in [0, 0.05) is 55.4 Å². The van der Waals surface area contributed by atoms with Crippen molar-refractivity contribution in [2.24, 2.45) is 0 Å². The van der Waals surface area contributed by atoms with Gasteiger partial charge in [-0.05, 0) is 153 Å². The molecule has 3 heteroatoms. The summed E-state index contributed by atoms with van der Waals surface area (Å²) >= 11 is 0. The van der Waals surface area contributed by atoms with E-state index >= 15 is 0 Å². The van der Waals surface area contributed by atoms with E-state index < -0.39 is 0 Å². The molecule has 3 nitrogen and oxygen atoms in total. The molecule has 0 saturated heterocycles. The number of anilines is 3. The van der Waals surface area contributed by atoms with Crippen LogP contribution in [0.15, 0.2) is 261 Å². The Morgan fingerprint density at radius 3 is 1.33 bits per heavy atom. The first-order valence-corrected chi connectivity index (χ1v) is 25.0. The zero-order chi connectivity index (χ0) is 47.9. The normalized spacial score (nSPS) is 12.7. The van der Waals surface area contributed by atoms with Crippen molar-refractivity contribution >= 4 is 60.7 Å². The third kappa shape index (κ3) is 6.66. The van der Waals surface area contributed by atoms with Gasteiger partial charge in [-0.1, -0.05) is 178 Å². The molecule has 0 N–H and O–H groups in total. The number of aromatic nitrogens is 2. The molecule has 0 unspecified atom stereocenters. The topological polar surface area (TPSA) is 13.1 Å². The van der Waals surface area contributed by atoms with Gasteiger partial charge >= 0.3 is 0 Å². The number of hydrogen-bond donors (Lipinski definition) is 0. The molecule has 0 aliphatic heterocycles. The highest BCUT2D eigenvalue weighted by molar-refractivity contribution is 6.11. The summed E-state index contributed by atoms with van der Waals surface area (Å²) in [5.41, 5.74) is 22.9. The third-order valence-electron chi connectivity index (χ3n) is 15.3. The van der Waals surface area contributed by atoms with Gasteiger partial charge in [-0.2, -0.15) is 0 Å². The minimum atomic E-state index is -0.217. The largest absolute Gasteiger partial charge is 0.310 e. The van der Waals surface area contributed by atoms with E-state index in [4.69, 9.17) is 0 Å². The Balaban J connectivity index is 0.771. The van der Waals surface area contributed by atoms with Crippen molar-refractivity contribution < 1.29 is 0 Å². The molecule has 0 bridgehead atoms. The standard InChI is InChI=1S/C69H49N3/c1-69(2)63-43-50(51-33-39-61-59-22-12-14-24-65(59)72(68(61)44-51)54-20-10-5-11-21-54)32-38-57(63)58-40-37-56(45-64(58)69)70(52-16-6-3-7-17-52)55-35-30-47(31-36-55)46-26-28-48(29-27-46)49-34-41-67-62(42-49)60-23-13-15-25-66(60)71(67)53-18-8-4-9-19-53/h3-45H,1-2H3. The lowest BCUT2D eigenvalue weighted by molar-refractivity contribution is 0.660. The smallest absolute Gasteiger partial charge is 0.0547 e. The van der Waals surface area contributed by atoms with Gasteiger partial charge in [-0.25, -0.2) is 0 Å². The van der Waals surface area contributed by atoms with Crippen LogP contribution in [0.5, 0.6) is 0 Å². The molecule has 1 aliphatic carbocycles. The van der Waals surface area contributed by atoms with E-state index in [2.05, 4.69) is 289 Å². The maximum absolute atomic E-state index is 2.44. The molecule has 2 aromatic heterocycles. The quantitative estimate of drug-likeness (QED) is 0.148. The van der Waals surface area contributed by atoms with Crippen LogP contribution in [0.4, 0.5) is 17.1 Å². The average molecular weight is 920 g/mol. The van der Waals surface area contributed by atoms with Gasteiger partial charge in [0.1, 0.15) is 0 Å². The second kappa shape index (κ2) is 16.5. The average Bonchev–Trinajstić information content (AvgIpc) is 4.04. The summed E-state index contributed by atoms with van der Waals surface area (Å²) in [5, 5.41) is 5.05. The van der Waals surface area contributed by atoms with Crippen molar-refractivity contribution in [1.29, 1.82) is 0 Å². The summed E-state index contributed by atoms with van der Waals surface area (Å²) in [6, 6.07) is 95.7. The Labute approximate surface area is 419 Å². The number of hydrogen-bond acceptors (Lipinski definition) is 1. The molecular weight excluding hydrogens is 871 g/mol. The first-order chi connectivity index (χ1) is 35.5. The summed E-state index contributed by atoms with van der Waals surface area (Å²) in [7, 11) is 0. The van der Waals surface area contributed by atoms with E-state index in [-0.39, 0.29) is 5.41 Å². The molecule has 0 atom stereocenters. The lowest BCUT2D eigenvalue weighted by Crippen LogP contribution is -2.16. The van der Waals surface area contributed by atoms with Crippen molar-refractivity contribution in [1.82, 2.24) is 9.13 Å². The molecule has 11 aromatic carbocycles. The Morgan fingerprint density at radius 2 is 0.681 bits per heavy atom. The maximum Gasteiger partial charge on any atom is 0.0547 e. The highest BCUT2D eigenvalue weighted by atomic mass is 15.1. The minimum Gasteiger partial charge on any atom is -0.310 e. The van der Waals surface area contributed by atoms with E-state index in [0.717, 1.165) is 17.1 Å². The molecule has 0 amide bonds. The molecule has 0 saturated carbocycles. The molecule has 2 heterocycles. The van der Waals surface area contributed by atoms with Crippen LogP contribution in [0.25, 0.3) is 99.5 Å². The fraction of sp³-hybridized carbons (Fsp3) is 0.0435. The first-order valence-electron chi connectivity index (χ1n) is 25.0. The van der Waals surface area contributed by atoms with Crippen LogP contribution in [0.1, 0.15) is 25.0 Å². The van der Waals surface area contributed by atoms with Crippen molar-refractivity contribution in [3.05, 3.63) is 272 Å². The van der Waals surface area contributed by atoms with Gasteiger partial charge in [0.25, 0.3) is 0 Å². The van der Waals surface area contributed by atoms with Gasteiger partial charge in [0.2, 0.25) is 0 Å². The van der Waals surface area contributed by atoms with E-state index in [1.807, 2.05) is 0 Å². The SMILES string of the molecule is CC1(C)c2cc(-c3ccc4c5ccccc5n(-c5ccccc5)c4c3)ccc2-c2ccc(N(c3ccccc3)c3ccc(-c4ccc(-c5ccc6c(c5)c5ccccc5n6-c5ccccc5)cc4)cc3)cc21. The fourth-order valence-electron chi connectivity index (χ4n) is 11.7. The van der Waals surface area contributed by atoms with Crippen LogP contribution in [-0.4, -0.2) is 9.13 Å². The molecule has 340 valence electrons. The van der Waals surface area contributed by atoms with Crippen molar-refractivity contribution in [3.8, 4) is 55.9 Å². The molecule has 14 rings (SSSR count). The van der Waals surface area contributed by atoms with Crippen molar-refractivity contribution in [2.45, 2.75) is 19.3 Å². The van der Waals surface area contributed by atoms with Crippen LogP contribution in [0.3, 0.4) is 0 Å². The van der Waals surface area contributed by atoms with Crippen LogP contribution >= 0.6 is 0 Å². The van der Waals surface area contributed by atoms with E-state index in [9.17, 15) is 0 Å². The Hall–Kier alpha value is -9.18. The zero-order valence-corrected chi connectivity index (χ0v) is 40.2. The van der Waals surface area contributed by atoms with E-state index in [1.54, 1.807) is 0 Å². The zero-order valence-electron chi connectivity index (χ0n) is 40.2. The predicted octanol–water partition coefficient (Wildman–Crippen LogP) is 18.7. The molecule has 13 aromatic rings. The van der Waals surface area contributed by atoms with Gasteiger partial charge in [-0.15, -0.1) is 0 Å². The predicted molar refractivity (Wildman–Crippen MR) is 304 cm³/mol. The summed E-state index contributed by atoms with van der Waals surface area (Å²) in [6.45, 7) is 4.77. The number of fused-ring (bicyclic) bond motifs is 9. The summed E-state index contributed by atoms with van der Waals surface area (Å²) < 4.78 is 4.77. The fourth-order valence-corrected chi connectivity index (χ4v) is 11.7. The molecule has 0 fully saturated rings. The Kier molecular flexibility index (Phi) is 9.56. The van der Waals surface area contributed by atoms with Crippen molar-refractivity contribution in [3.63, 3.8) is 0 Å². The van der Waals surface area contributed by atoms with E-state index in [0.29, 0.717) is 0 Å². The second-order valence-electron chi connectivity index (χ2n) is 19.8. The first kappa shape index (κ1) is 41.8. The number of nitrogens with zero attached hydrogens (tertiary/aromatic N) is 3. The van der Waals surface area contributed by atoms with Crippen LogP contribution in [0, 0.1) is 0 Å². The van der Waals surface area contributed by atoms with Crippen LogP contribution < -0.4 is 4.90 Å². The van der Waals surface area contributed by atoms with Crippen LogP contribution in [-0.2, 0) is 5.41 Å². The highest BCUT2D eigenvalue weighted by Gasteiger charge is 2.36. The van der Waals surface area contributed by atoms with Crippen LogP contribution in [0.2, 0.25) is 0 Å². The molecule has 72 heavy (non-hydrogen) atoms. The minimum absolute atomic E-state index is 0.217. The summed E-state index contributed by atoms with van der Waals surface area (Å²) in [5.74, 6) is 0. The van der Waals surface area contributed by atoms with Crippen molar-refractivity contribution in [2.75, 3.05) is 4.90 Å². The van der Waals surface area contributed by atoms with Gasteiger partial charge < -0.3 is 14.0 Å². The Bertz CT molecular complexity index is 4200. The lowest BCUT2D eigenvalue weighted by Gasteiger charge is -2.28. The van der Waals surface area contributed by atoms with Gasteiger partial charge in [0.05, 0.1) is 22.1 Å². The molecule has 1 aliphatic rings. The summed E-state index contributed by atoms with van der Waals surface area (Å²) in [4.78, 5) is 2.39. The number of benzene rings is 11. The maximum atomic E-state index is 2.44. The number of para-hydroxylation sites is 5. The van der Waals surface area contributed by atoms with E-state index in [1.165, 1.54) is 111 Å². The second-order valence-corrected chi connectivity index (χ2v) is 19.8. The summed E-state index contributed by atoms with van der Waals surface area (Å²) in [6.07, 6.45) is 0. The highest BCUT2D eigenvalue weighted by Crippen LogP contribution is 2.52. The third-order valence-corrected chi connectivity index (χ3v) is 15.3. The Morgan fingerprint density at radius 1 is 0.278 bits per heavy atom. The number of rotatable bonds is 8. The van der Waals surface area contributed by atoms with Gasteiger partial charge in [-0.3, -0.25) is 0 Å². The molecule has 0 spiro atoms. The monoisotopic (exact) mass is 919 g/mol. The van der Waals surface area contributed by atoms with Gasteiger partial charge in [0.15, 0.2) is 0 Å². The lowest BCUT2D eigenvalue weighted by atomic mass is 9.81.